The summed E-state index contributed by atoms with van der Waals surface area (Å²) in [6, 6.07) is 5.74. The maximum absolute atomic E-state index is 11.7. The highest BCUT2D eigenvalue weighted by atomic mass is 16.5. The Bertz CT molecular complexity index is 449. The fraction of sp³-hybridized carbons (Fsp3) is 0.308. The van der Waals surface area contributed by atoms with Gasteiger partial charge in [-0.05, 0) is 24.1 Å². The lowest BCUT2D eigenvalue weighted by atomic mass is 10.0. The highest BCUT2D eigenvalue weighted by Gasteiger charge is 2.13. The molecule has 1 aliphatic rings. The van der Waals surface area contributed by atoms with Crippen molar-refractivity contribution >= 4 is 5.78 Å². The number of hydrogen-bond donors (Lipinski definition) is 0. The van der Waals surface area contributed by atoms with Crippen molar-refractivity contribution in [2.75, 3.05) is 0 Å². The van der Waals surface area contributed by atoms with Crippen LogP contribution in [0.4, 0.5) is 0 Å². The minimum absolute atomic E-state index is 0.0825. The number of carbonyl (C=O) groups excluding carboxylic acids is 1. The lowest BCUT2D eigenvalue weighted by Crippen LogP contribution is -1.98. The van der Waals surface area contributed by atoms with Crippen molar-refractivity contribution in [3.05, 3.63) is 34.9 Å². The minimum atomic E-state index is 0.0825. The van der Waals surface area contributed by atoms with Crippen LogP contribution in [0.1, 0.15) is 34.8 Å². The number of carbonyl (C=O) groups is 1. The van der Waals surface area contributed by atoms with Gasteiger partial charge in [0.1, 0.15) is 0 Å². The lowest BCUT2D eigenvalue weighted by molar-refractivity contribution is 0.0998. The number of fused-ring (bicyclic) bond motifs is 1. The molecule has 1 heterocycles. The van der Waals surface area contributed by atoms with Crippen molar-refractivity contribution in [3.8, 4) is 11.8 Å². The zero-order valence-corrected chi connectivity index (χ0v) is 8.67. The first-order valence-electron chi connectivity index (χ1n) is 4.93. The molecule has 0 amide bonds. The molecular weight excluding hydrogens is 188 g/mol. The topological polar surface area (TPSA) is 26.3 Å². The highest BCUT2D eigenvalue weighted by molar-refractivity contribution is 5.97. The molecule has 2 heteroatoms. The largest absolute Gasteiger partial charge is 0.372 e. The van der Waals surface area contributed by atoms with Crippen molar-refractivity contribution in [3.63, 3.8) is 0 Å². The number of rotatable bonds is 2. The van der Waals surface area contributed by atoms with E-state index in [0.717, 1.165) is 11.1 Å². The molecule has 1 aromatic rings. The van der Waals surface area contributed by atoms with E-state index in [1.165, 1.54) is 5.56 Å². The third-order valence-corrected chi connectivity index (χ3v) is 2.47. The number of benzene rings is 1. The highest BCUT2D eigenvalue weighted by Crippen LogP contribution is 2.21. The summed E-state index contributed by atoms with van der Waals surface area (Å²) in [5, 5.41) is 0. The molecule has 0 radical (unpaired) electrons. The lowest BCUT2D eigenvalue weighted by Gasteiger charge is -2.00. The van der Waals surface area contributed by atoms with Crippen LogP contribution in [0, 0.1) is 11.8 Å². The summed E-state index contributed by atoms with van der Waals surface area (Å²) in [7, 11) is 0. The van der Waals surface area contributed by atoms with Gasteiger partial charge >= 0.3 is 0 Å². The van der Waals surface area contributed by atoms with Gasteiger partial charge in [0, 0.05) is 5.56 Å². The molecule has 0 bridgehead atoms. The number of ketones is 1. The standard InChI is InChI=1S/C13H12O2/c1-2-3-4-13(14)10-5-6-11-8-15-9-12(11)7-10/h5-7H,4,8-9H2,1H3. The van der Waals surface area contributed by atoms with Gasteiger partial charge in [-0.2, -0.15) is 0 Å². The van der Waals surface area contributed by atoms with Crippen molar-refractivity contribution in [1.29, 1.82) is 0 Å². The van der Waals surface area contributed by atoms with Crippen LogP contribution >= 0.6 is 0 Å². The summed E-state index contributed by atoms with van der Waals surface area (Å²) in [6.45, 7) is 3.03. The monoisotopic (exact) mass is 200 g/mol. The van der Waals surface area contributed by atoms with E-state index in [9.17, 15) is 4.79 Å². The zero-order chi connectivity index (χ0) is 10.7. The van der Waals surface area contributed by atoms with Crippen LogP contribution in [0.5, 0.6) is 0 Å². The maximum Gasteiger partial charge on any atom is 0.174 e. The van der Waals surface area contributed by atoms with Gasteiger partial charge in [0.25, 0.3) is 0 Å². The quantitative estimate of drug-likeness (QED) is 0.541. The van der Waals surface area contributed by atoms with Crippen LogP contribution in [0.25, 0.3) is 0 Å². The van der Waals surface area contributed by atoms with E-state index >= 15 is 0 Å². The summed E-state index contributed by atoms with van der Waals surface area (Å²) in [6.07, 6.45) is 0.302. The van der Waals surface area contributed by atoms with Crippen molar-refractivity contribution in [1.82, 2.24) is 0 Å². The number of ether oxygens (including phenoxy) is 1. The van der Waals surface area contributed by atoms with Crippen LogP contribution < -0.4 is 0 Å². The Hall–Kier alpha value is -1.59. The zero-order valence-electron chi connectivity index (χ0n) is 8.67. The Morgan fingerprint density at radius 3 is 3.00 bits per heavy atom. The Morgan fingerprint density at radius 1 is 1.40 bits per heavy atom. The van der Waals surface area contributed by atoms with E-state index in [1.54, 1.807) is 6.92 Å². The third kappa shape index (κ3) is 2.08. The molecule has 0 aliphatic carbocycles. The van der Waals surface area contributed by atoms with Gasteiger partial charge in [0.15, 0.2) is 5.78 Å². The molecule has 0 N–H and O–H groups in total. The molecular formula is C13H12O2. The SMILES string of the molecule is CC#CCC(=O)c1ccc2c(c1)COC2. The molecule has 15 heavy (non-hydrogen) atoms. The number of Topliss-reactive ketones (excluding diaryl/α,β-unsaturated/α-hetero) is 1. The van der Waals surface area contributed by atoms with Gasteiger partial charge in [-0.25, -0.2) is 0 Å². The first-order chi connectivity index (χ1) is 7.31. The predicted molar refractivity (Wildman–Crippen MR) is 57.3 cm³/mol. The summed E-state index contributed by atoms with van der Waals surface area (Å²) in [5.41, 5.74) is 3.06. The minimum Gasteiger partial charge on any atom is -0.372 e. The van der Waals surface area contributed by atoms with Crippen LogP contribution in [0.3, 0.4) is 0 Å². The smallest absolute Gasteiger partial charge is 0.174 e. The normalized spacial score (nSPS) is 12.9. The van der Waals surface area contributed by atoms with E-state index in [2.05, 4.69) is 11.8 Å². The van der Waals surface area contributed by atoms with E-state index in [0.29, 0.717) is 19.6 Å². The molecule has 1 aliphatic heterocycles. The molecule has 0 saturated carbocycles. The van der Waals surface area contributed by atoms with Crippen molar-refractivity contribution in [2.45, 2.75) is 26.6 Å². The summed E-state index contributed by atoms with van der Waals surface area (Å²) < 4.78 is 5.29. The maximum atomic E-state index is 11.7. The second-order valence-electron chi connectivity index (χ2n) is 3.50. The summed E-state index contributed by atoms with van der Waals surface area (Å²) in [4.78, 5) is 11.7. The van der Waals surface area contributed by atoms with Gasteiger partial charge in [0.05, 0.1) is 19.6 Å². The average molecular weight is 200 g/mol. The molecule has 0 unspecified atom stereocenters. The molecule has 0 aromatic heterocycles. The van der Waals surface area contributed by atoms with Crippen LogP contribution in [-0.4, -0.2) is 5.78 Å². The first-order valence-corrected chi connectivity index (χ1v) is 4.93. The molecule has 2 nitrogen and oxygen atoms in total. The molecule has 1 aromatic carbocycles. The van der Waals surface area contributed by atoms with Gasteiger partial charge in [-0.1, -0.05) is 18.1 Å². The van der Waals surface area contributed by atoms with Crippen LogP contribution in [0.2, 0.25) is 0 Å². The van der Waals surface area contributed by atoms with E-state index in [4.69, 9.17) is 4.74 Å². The van der Waals surface area contributed by atoms with Crippen LogP contribution in [0.15, 0.2) is 18.2 Å². The predicted octanol–water partition coefficient (Wildman–Crippen LogP) is 2.31. The third-order valence-electron chi connectivity index (χ3n) is 2.47. The molecule has 2 rings (SSSR count). The fourth-order valence-corrected chi connectivity index (χ4v) is 1.62. The molecule has 0 fully saturated rings. The summed E-state index contributed by atoms with van der Waals surface area (Å²) in [5.74, 6) is 5.59. The molecule has 0 atom stereocenters. The Morgan fingerprint density at radius 2 is 2.20 bits per heavy atom. The summed E-state index contributed by atoms with van der Waals surface area (Å²) >= 11 is 0. The van der Waals surface area contributed by atoms with E-state index < -0.39 is 0 Å². The van der Waals surface area contributed by atoms with E-state index in [1.807, 2.05) is 18.2 Å². The average Bonchev–Trinajstić information content (AvgIpc) is 2.72. The number of hydrogen-bond acceptors (Lipinski definition) is 2. The van der Waals surface area contributed by atoms with Gasteiger partial charge in [-0.15, -0.1) is 5.92 Å². The Kier molecular flexibility index (Phi) is 2.84. The Labute approximate surface area is 89.3 Å². The Balaban J connectivity index is 2.21. The van der Waals surface area contributed by atoms with Crippen molar-refractivity contribution < 1.29 is 9.53 Å². The van der Waals surface area contributed by atoms with E-state index in [-0.39, 0.29) is 5.78 Å². The fourth-order valence-electron chi connectivity index (χ4n) is 1.62. The second-order valence-corrected chi connectivity index (χ2v) is 3.50. The van der Waals surface area contributed by atoms with Crippen LogP contribution in [-0.2, 0) is 18.0 Å². The molecule has 0 spiro atoms. The van der Waals surface area contributed by atoms with Gasteiger partial charge < -0.3 is 4.74 Å². The van der Waals surface area contributed by atoms with Gasteiger partial charge in [-0.3, -0.25) is 4.79 Å². The first kappa shape index (κ1) is 9.95. The molecule has 76 valence electrons. The molecule has 0 saturated heterocycles. The second kappa shape index (κ2) is 4.29. The van der Waals surface area contributed by atoms with Crippen molar-refractivity contribution in [2.24, 2.45) is 0 Å². The van der Waals surface area contributed by atoms with Gasteiger partial charge in [0.2, 0.25) is 0 Å².